The molecule has 8 heteroatoms. The zero-order valence-corrected chi connectivity index (χ0v) is 16.0. The molecule has 3 aromatic rings. The minimum absolute atomic E-state index is 0.0510. The van der Waals surface area contributed by atoms with Crippen molar-refractivity contribution in [1.29, 1.82) is 0 Å². The number of nitrogens with zero attached hydrogens (tertiary/aromatic N) is 4. The smallest absolute Gasteiger partial charge is 0.340 e. The van der Waals surface area contributed by atoms with Crippen LogP contribution in [0, 0.1) is 17.0 Å². The van der Waals surface area contributed by atoms with Gasteiger partial charge in [0.05, 0.1) is 38.6 Å². The molecule has 0 atom stereocenters. The highest BCUT2D eigenvalue weighted by atomic mass is 16.6. The van der Waals surface area contributed by atoms with E-state index in [-0.39, 0.29) is 17.9 Å². The first-order valence-corrected chi connectivity index (χ1v) is 9.46. The summed E-state index contributed by atoms with van der Waals surface area (Å²) in [5, 5.41) is 11.2. The third-order valence-corrected chi connectivity index (χ3v) is 5.04. The summed E-state index contributed by atoms with van der Waals surface area (Å²) in [6.45, 7) is 3.39. The van der Waals surface area contributed by atoms with Crippen molar-refractivity contribution >= 4 is 28.4 Å². The maximum Gasteiger partial charge on any atom is 0.340 e. The standard InChI is InChI=1S/C21H20N4O4/c1-14-19(23-18-7-3-2-6-17(18)22-14)13-29-21(26)16-12-15(25(27)28)8-9-20(16)24-10-4-5-11-24/h2-3,6-9,12H,4-5,10-11,13H2,1H3. The van der Waals surface area contributed by atoms with Gasteiger partial charge in [0, 0.05) is 25.2 Å². The largest absolute Gasteiger partial charge is 0.455 e. The van der Waals surface area contributed by atoms with E-state index in [1.54, 1.807) is 6.07 Å². The van der Waals surface area contributed by atoms with Gasteiger partial charge in [0.15, 0.2) is 0 Å². The number of hydrogen-bond donors (Lipinski definition) is 0. The Bertz CT molecular complexity index is 1090. The number of rotatable bonds is 5. The van der Waals surface area contributed by atoms with Gasteiger partial charge < -0.3 is 9.64 Å². The molecule has 29 heavy (non-hydrogen) atoms. The van der Waals surface area contributed by atoms with Gasteiger partial charge >= 0.3 is 5.97 Å². The molecule has 8 nitrogen and oxygen atoms in total. The Balaban J connectivity index is 1.60. The van der Waals surface area contributed by atoms with Gasteiger partial charge in [0.1, 0.15) is 6.61 Å². The van der Waals surface area contributed by atoms with Crippen LogP contribution in [0.15, 0.2) is 42.5 Å². The highest BCUT2D eigenvalue weighted by Crippen LogP contribution is 2.29. The number of esters is 1. The second-order valence-electron chi connectivity index (χ2n) is 6.97. The minimum Gasteiger partial charge on any atom is -0.455 e. The van der Waals surface area contributed by atoms with Crippen molar-refractivity contribution in [3.05, 3.63) is 69.5 Å². The Kier molecular flexibility index (Phi) is 5.07. The van der Waals surface area contributed by atoms with Crippen LogP contribution in [0.2, 0.25) is 0 Å². The molecule has 1 aliphatic rings. The first kappa shape index (κ1) is 18.8. The van der Waals surface area contributed by atoms with Crippen molar-refractivity contribution in [3.8, 4) is 0 Å². The molecule has 1 aromatic heterocycles. The average Bonchev–Trinajstić information content (AvgIpc) is 3.26. The molecule has 0 unspecified atom stereocenters. The highest BCUT2D eigenvalue weighted by Gasteiger charge is 2.24. The number of fused-ring (bicyclic) bond motifs is 1. The lowest BCUT2D eigenvalue weighted by molar-refractivity contribution is -0.384. The Morgan fingerprint density at radius 1 is 1.14 bits per heavy atom. The topological polar surface area (TPSA) is 98.5 Å². The zero-order valence-electron chi connectivity index (χ0n) is 16.0. The van der Waals surface area contributed by atoms with E-state index in [4.69, 9.17) is 4.74 Å². The number of nitro groups is 1. The number of non-ortho nitro benzene ring substituents is 1. The summed E-state index contributed by atoms with van der Waals surface area (Å²) in [7, 11) is 0. The van der Waals surface area contributed by atoms with E-state index < -0.39 is 10.9 Å². The quantitative estimate of drug-likeness (QED) is 0.370. The zero-order chi connectivity index (χ0) is 20.4. The van der Waals surface area contributed by atoms with Crippen LogP contribution in [-0.4, -0.2) is 34.0 Å². The van der Waals surface area contributed by atoms with Crippen molar-refractivity contribution in [2.24, 2.45) is 0 Å². The third-order valence-electron chi connectivity index (χ3n) is 5.04. The minimum atomic E-state index is -0.607. The van der Waals surface area contributed by atoms with Crippen molar-refractivity contribution in [2.75, 3.05) is 18.0 Å². The van der Waals surface area contributed by atoms with Crippen molar-refractivity contribution < 1.29 is 14.5 Å². The van der Waals surface area contributed by atoms with E-state index in [0.717, 1.165) is 37.0 Å². The molecule has 2 aromatic carbocycles. The number of carbonyl (C=O) groups is 1. The van der Waals surface area contributed by atoms with Gasteiger partial charge in [-0.1, -0.05) is 12.1 Å². The summed E-state index contributed by atoms with van der Waals surface area (Å²) in [6, 6.07) is 11.8. The number of nitro benzene ring substituents is 1. The molecule has 4 rings (SSSR count). The lowest BCUT2D eigenvalue weighted by Gasteiger charge is -2.20. The number of hydrogen-bond acceptors (Lipinski definition) is 7. The van der Waals surface area contributed by atoms with E-state index in [1.165, 1.54) is 12.1 Å². The second kappa shape index (κ2) is 7.83. The SMILES string of the molecule is Cc1nc2ccccc2nc1COC(=O)c1cc([N+](=O)[O-])ccc1N1CCCC1. The van der Waals surface area contributed by atoms with Crippen LogP contribution >= 0.6 is 0 Å². The summed E-state index contributed by atoms with van der Waals surface area (Å²) in [5.74, 6) is -0.607. The number of para-hydroxylation sites is 2. The summed E-state index contributed by atoms with van der Waals surface area (Å²) in [5.41, 5.74) is 3.46. The number of anilines is 1. The number of carbonyl (C=O) groups excluding carboxylic acids is 1. The molecule has 0 radical (unpaired) electrons. The van der Waals surface area contributed by atoms with Gasteiger partial charge in [-0.05, 0) is 38.0 Å². The second-order valence-corrected chi connectivity index (χ2v) is 6.97. The molecule has 0 aliphatic carbocycles. The van der Waals surface area contributed by atoms with Crippen molar-refractivity contribution in [2.45, 2.75) is 26.4 Å². The monoisotopic (exact) mass is 392 g/mol. The number of aromatic nitrogens is 2. The molecule has 0 spiro atoms. The maximum absolute atomic E-state index is 12.8. The average molecular weight is 392 g/mol. The van der Waals surface area contributed by atoms with Crippen molar-refractivity contribution in [1.82, 2.24) is 9.97 Å². The summed E-state index contributed by atoms with van der Waals surface area (Å²) >= 11 is 0. The van der Waals surface area contributed by atoms with E-state index in [9.17, 15) is 14.9 Å². The van der Waals surface area contributed by atoms with Gasteiger partial charge in [0.25, 0.3) is 5.69 Å². The van der Waals surface area contributed by atoms with Gasteiger partial charge in [-0.3, -0.25) is 10.1 Å². The van der Waals surface area contributed by atoms with Gasteiger partial charge in [-0.2, -0.15) is 0 Å². The number of benzene rings is 2. The number of ether oxygens (including phenoxy) is 1. The molecular formula is C21H20N4O4. The fraction of sp³-hybridized carbons (Fsp3) is 0.286. The maximum atomic E-state index is 12.8. The van der Waals surface area contributed by atoms with Crippen LogP contribution in [-0.2, 0) is 11.3 Å². The molecule has 1 fully saturated rings. The first-order valence-electron chi connectivity index (χ1n) is 9.46. The Hall–Kier alpha value is -3.55. The summed E-state index contributed by atoms with van der Waals surface area (Å²) in [4.78, 5) is 34.6. The van der Waals surface area contributed by atoms with Crippen LogP contribution in [0.4, 0.5) is 11.4 Å². The van der Waals surface area contributed by atoms with Crippen LogP contribution in [0.25, 0.3) is 11.0 Å². The molecule has 1 saturated heterocycles. The molecular weight excluding hydrogens is 372 g/mol. The van der Waals surface area contributed by atoms with E-state index in [2.05, 4.69) is 14.9 Å². The fourth-order valence-electron chi connectivity index (χ4n) is 3.51. The highest BCUT2D eigenvalue weighted by molar-refractivity contribution is 5.96. The summed E-state index contributed by atoms with van der Waals surface area (Å²) < 4.78 is 5.49. The van der Waals surface area contributed by atoms with Crippen LogP contribution in [0.5, 0.6) is 0 Å². The van der Waals surface area contributed by atoms with Gasteiger partial charge in [-0.15, -0.1) is 0 Å². The Morgan fingerprint density at radius 2 is 1.83 bits per heavy atom. The lowest BCUT2D eigenvalue weighted by Crippen LogP contribution is -2.21. The fourth-order valence-corrected chi connectivity index (χ4v) is 3.51. The van der Waals surface area contributed by atoms with Crippen LogP contribution < -0.4 is 4.90 Å². The van der Waals surface area contributed by atoms with Gasteiger partial charge in [-0.25, -0.2) is 14.8 Å². The molecule has 0 bridgehead atoms. The molecule has 0 saturated carbocycles. The normalized spacial score (nSPS) is 13.6. The number of aryl methyl sites for hydroxylation is 1. The Labute approximate surface area is 167 Å². The molecule has 148 valence electrons. The summed E-state index contributed by atoms with van der Waals surface area (Å²) in [6.07, 6.45) is 2.05. The lowest BCUT2D eigenvalue weighted by atomic mass is 10.1. The molecule has 2 heterocycles. The van der Waals surface area contributed by atoms with Crippen LogP contribution in [0.1, 0.15) is 34.6 Å². The molecule has 0 amide bonds. The van der Waals surface area contributed by atoms with Gasteiger partial charge in [0.2, 0.25) is 0 Å². The third kappa shape index (κ3) is 3.87. The molecule has 0 N–H and O–H groups in total. The van der Waals surface area contributed by atoms with E-state index >= 15 is 0 Å². The predicted molar refractivity (Wildman–Crippen MR) is 108 cm³/mol. The Morgan fingerprint density at radius 3 is 2.52 bits per heavy atom. The van der Waals surface area contributed by atoms with E-state index in [1.807, 2.05) is 31.2 Å². The van der Waals surface area contributed by atoms with Crippen LogP contribution in [0.3, 0.4) is 0 Å². The predicted octanol–water partition coefficient (Wildman–Crippen LogP) is 3.80. The first-order chi connectivity index (χ1) is 14.0. The molecule has 1 aliphatic heterocycles. The van der Waals surface area contributed by atoms with Crippen molar-refractivity contribution in [3.63, 3.8) is 0 Å². The van der Waals surface area contributed by atoms with E-state index in [0.29, 0.717) is 17.1 Å².